The van der Waals surface area contributed by atoms with E-state index in [-0.39, 0.29) is 18.0 Å². The van der Waals surface area contributed by atoms with Gasteiger partial charge in [0.1, 0.15) is 23.7 Å². The summed E-state index contributed by atoms with van der Waals surface area (Å²) >= 11 is 2.09. The van der Waals surface area contributed by atoms with Gasteiger partial charge in [-0.15, -0.1) is 0 Å². The van der Waals surface area contributed by atoms with Crippen molar-refractivity contribution in [2.24, 2.45) is 0 Å². The lowest BCUT2D eigenvalue weighted by atomic mass is 10.1. The number of anilines is 1. The predicted octanol–water partition coefficient (Wildman–Crippen LogP) is 5.24. The summed E-state index contributed by atoms with van der Waals surface area (Å²) in [6.45, 7) is 2.20. The van der Waals surface area contributed by atoms with E-state index in [1.165, 1.54) is 18.2 Å². The number of hydrogen-bond donors (Lipinski definition) is 1. The van der Waals surface area contributed by atoms with Crippen molar-refractivity contribution in [3.63, 3.8) is 0 Å². The Kier molecular flexibility index (Phi) is 7.06. The first-order chi connectivity index (χ1) is 16.4. The average Bonchev–Trinajstić information content (AvgIpc) is 2.81. The molecule has 1 aliphatic rings. The second-order valence-corrected chi connectivity index (χ2v) is 8.75. The molecule has 6 nitrogen and oxygen atoms in total. The minimum Gasteiger partial charge on any atom is -0.488 e. The number of nitrogens with one attached hydrogen (secondary N) is 1. The number of urea groups is 1. The van der Waals surface area contributed by atoms with E-state index < -0.39 is 17.8 Å². The molecule has 0 bridgehead atoms. The fourth-order valence-corrected chi connectivity index (χ4v) is 4.15. The third-order valence-electron chi connectivity index (χ3n) is 5.25. The normalized spacial score (nSPS) is 15.0. The summed E-state index contributed by atoms with van der Waals surface area (Å²) in [5.41, 5.74) is 2.59. The maximum absolute atomic E-state index is 13.4. The van der Waals surface area contributed by atoms with Crippen LogP contribution in [0.2, 0.25) is 0 Å². The first kappa shape index (κ1) is 23.6. The quantitative estimate of drug-likeness (QED) is 0.250. The van der Waals surface area contributed by atoms with Gasteiger partial charge in [-0.25, -0.2) is 14.1 Å². The molecule has 0 radical (unpaired) electrons. The summed E-state index contributed by atoms with van der Waals surface area (Å²) in [6, 6.07) is 17.6. The summed E-state index contributed by atoms with van der Waals surface area (Å²) < 4.78 is 19.9. The Morgan fingerprint density at radius 3 is 2.44 bits per heavy atom. The number of carbonyl (C=O) groups is 3. The van der Waals surface area contributed by atoms with Crippen molar-refractivity contribution in [1.82, 2.24) is 5.32 Å². The molecule has 0 spiro atoms. The molecule has 0 saturated carbocycles. The van der Waals surface area contributed by atoms with Crippen LogP contribution in [0.3, 0.4) is 0 Å². The Bertz CT molecular complexity index is 1300. The highest BCUT2D eigenvalue weighted by molar-refractivity contribution is 14.1. The molecule has 34 heavy (non-hydrogen) atoms. The first-order valence-electron chi connectivity index (χ1n) is 10.5. The van der Waals surface area contributed by atoms with E-state index in [9.17, 15) is 18.8 Å². The minimum atomic E-state index is -0.785. The fraction of sp³-hybridized carbons (Fsp3) is 0.115. The van der Waals surface area contributed by atoms with Crippen molar-refractivity contribution in [2.75, 3.05) is 4.90 Å². The van der Waals surface area contributed by atoms with Crippen LogP contribution in [0.25, 0.3) is 6.08 Å². The van der Waals surface area contributed by atoms with Gasteiger partial charge in [0.25, 0.3) is 11.8 Å². The number of ether oxygens (including phenoxy) is 1. The van der Waals surface area contributed by atoms with Crippen LogP contribution in [0.1, 0.15) is 23.6 Å². The molecule has 1 fully saturated rings. The molecule has 1 saturated heterocycles. The van der Waals surface area contributed by atoms with Gasteiger partial charge < -0.3 is 4.74 Å². The highest BCUT2D eigenvalue weighted by Crippen LogP contribution is 2.26. The molecule has 0 aliphatic carbocycles. The van der Waals surface area contributed by atoms with Crippen LogP contribution < -0.4 is 15.0 Å². The number of aryl methyl sites for hydroxylation is 1. The van der Waals surface area contributed by atoms with Gasteiger partial charge in [0, 0.05) is 0 Å². The van der Waals surface area contributed by atoms with Crippen molar-refractivity contribution < 1.29 is 23.5 Å². The molecule has 0 aromatic heterocycles. The maximum Gasteiger partial charge on any atom is 0.335 e. The standard InChI is InChI=1S/C26H20FIN2O4/c1-2-16-6-9-20(10-7-16)30-25(32)21(24(31)29-26(30)33)13-17-8-11-23(22(28)14-17)34-15-18-4-3-5-19(27)12-18/h3-14H,2,15H2,1H3,(H,29,31,33)/b21-13-. The molecule has 172 valence electrons. The highest BCUT2D eigenvalue weighted by atomic mass is 127. The van der Waals surface area contributed by atoms with Crippen LogP contribution >= 0.6 is 22.6 Å². The van der Waals surface area contributed by atoms with Crippen molar-refractivity contribution in [1.29, 1.82) is 0 Å². The lowest BCUT2D eigenvalue weighted by Crippen LogP contribution is -2.54. The first-order valence-corrected chi connectivity index (χ1v) is 11.6. The molecular weight excluding hydrogens is 550 g/mol. The molecule has 4 rings (SSSR count). The van der Waals surface area contributed by atoms with Gasteiger partial charge in [0.2, 0.25) is 0 Å². The average molecular weight is 570 g/mol. The van der Waals surface area contributed by atoms with Crippen molar-refractivity contribution in [2.45, 2.75) is 20.0 Å². The number of barbiturate groups is 1. The van der Waals surface area contributed by atoms with Crippen LogP contribution in [0, 0.1) is 9.39 Å². The zero-order valence-corrected chi connectivity index (χ0v) is 20.3. The number of nitrogens with zero attached hydrogens (tertiary/aromatic N) is 1. The number of amides is 4. The van der Waals surface area contributed by atoms with E-state index in [0.29, 0.717) is 22.6 Å². The molecule has 4 amide bonds. The molecule has 0 atom stereocenters. The Balaban J connectivity index is 1.55. The molecule has 1 N–H and O–H groups in total. The zero-order valence-electron chi connectivity index (χ0n) is 18.2. The number of benzene rings is 3. The highest BCUT2D eigenvalue weighted by Gasteiger charge is 2.36. The zero-order chi connectivity index (χ0) is 24.2. The largest absolute Gasteiger partial charge is 0.488 e. The van der Waals surface area contributed by atoms with Gasteiger partial charge >= 0.3 is 6.03 Å². The molecule has 3 aromatic carbocycles. The summed E-state index contributed by atoms with van der Waals surface area (Å²) in [7, 11) is 0. The third-order valence-corrected chi connectivity index (χ3v) is 6.10. The molecule has 8 heteroatoms. The summed E-state index contributed by atoms with van der Waals surface area (Å²) in [6.07, 6.45) is 2.26. The van der Waals surface area contributed by atoms with Gasteiger partial charge in [0.05, 0.1) is 9.26 Å². The van der Waals surface area contributed by atoms with Crippen LogP contribution in [-0.2, 0) is 22.6 Å². The Morgan fingerprint density at radius 2 is 1.76 bits per heavy atom. The van der Waals surface area contributed by atoms with Crippen LogP contribution in [0.5, 0.6) is 5.75 Å². The van der Waals surface area contributed by atoms with Gasteiger partial charge in [0.15, 0.2) is 0 Å². The maximum atomic E-state index is 13.4. The third kappa shape index (κ3) is 5.17. The number of carbonyl (C=O) groups excluding carboxylic acids is 3. The monoisotopic (exact) mass is 570 g/mol. The second-order valence-electron chi connectivity index (χ2n) is 7.59. The van der Waals surface area contributed by atoms with Crippen LogP contribution in [0.4, 0.5) is 14.9 Å². The van der Waals surface area contributed by atoms with Gasteiger partial charge in [-0.05, 0) is 88.2 Å². The van der Waals surface area contributed by atoms with E-state index in [4.69, 9.17) is 4.74 Å². The summed E-state index contributed by atoms with van der Waals surface area (Å²) in [5.74, 6) is -1.20. The molecule has 1 heterocycles. The van der Waals surface area contributed by atoms with E-state index >= 15 is 0 Å². The fourth-order valence-electron chi connectivity index (χ4n) is 3.45. The smallest absolute Gasteiger partial charge is 0.335 e. The van der Waals surface area contributed by atoms with E-state index in [1.807, 2.05) is 19.1 Å². The Morgan fingerprint density at radius 1 is 1.00 bits per heavy atom. The molecule has 1 aliphatic heterocycles. The topological polar surface area (TPSA) is 75.7 Å². The predicted molar refractivity (Wildman–Crippen MR) is 135 cm³/mol. The van der Waals surface area contributed by atoms with Gasteiger partial charge in [-0.2, -0.15) is 0 Å². The summed E-state index contributed by atoms with van der Waals surface area (Å²) in [5, 5.41) is 2.23. The number of halogens is 2. The van der Waals surface area contributed by atoms with Crippen molar-refractivity contribution >= 4 is 52.2 Å². The summed E-state index contributed by atoms with van der Waals surface area (Å²) in [4.78, 5) is 38.8. The molecule has 3 aromatic rings. The number of hydrogen-bond acceptors (Lipinski definition) is 4. The van der Waals surface area contributed by atoms with Crippen LogP contribution in [-0.4, -0.2) is 17.8 Å². The molecule has 0 unspecified atom stereocenters. The number of rotatable bonds is 6. The van der Waals surface area contributed by atoms with E-state index in [1.54, 1.807) is 42.5 Å². The Labute approximate surface area is 209 Å². The van der Waals surface area contributed by atoms with Crippen molar-refractivity contribution in [3.05, 3.63) is 98.4 Å². The lowest BCUT2D eigenvalue weighted by molar-refractivity contribution is -0.122. The molecular formula is C26H20FIN2O4. The minimum absolute atomic E-state index is 0.150. The second kappa shape index (κ2) is 10.2. The van der Waals surface area contributed by atoms with E-state index in [2.05, 4.69) is 27.9 Å². The van der Waals surface area contributed by atoms with Gasteiger partial charge in [-0.1, -0.05) is 37.3 Å². The van der Waals surface area contributed by atoms with E-state index in [0.717, 1.165) is 20.5 Å². The van der Waals surface area contributed by atoms with Crippen LogP contribution in [0.15, 0.2) is 72.3 Å². The van der Waals surface area contributed by atoms with Crippen molar-refractivity contribution in [3.8, 4) is 5.75 Å². The lowest BCUT2D eigenvalue weighted by Gasteiger charge is -2.26. The van der Waals surface area contributed by atoms with Gasteiger partial charge in [-0.3, -0.25) is 14.9 Å². The Hall–Kier alpha value is -3.53. The SMILES string of the molecule is CCc1ccc(N2C(=O)NC(=O)/C(=C/c3ccc(OCc4cccc(F)c4)c(I)c3)C2=O)cc1. The number of imide groups is 2.